The molecule has 39 heavy (non-hydrogen) atoms. The summed E-state index contributed by atoms with van der Waals surface area (Å²) in [7, 11) is 0. The Morgan fingerprint density at radius 3 is 1.95 bits per heavy atom. The molecule has 0 radical (unpaired) electrons. The number of aryl methyl sites for hydroxylation is 4. The average Bonchev–Trinajstić information content (AvgIpc) is 3.78. The minimum Gasteiger partial charge on any atom is -0.359 e. The minimum absolute atomic E-state index is 0.573. The largest absolute Gasteiger partial charge is 0.359 e. The van der Waals surface area contributed by atoms with Crippen LogP contribution in [-0.2, 0) is 25.7 Å². The van der Waals surface area contributed by atoms with Crippen molar-refractivity contribution in [1.29, 1.82) is 0 Å². The standard InChI is InChI=1S/C14H18N4S.C13H12N6S/c1-2-5-9(4-1)16-14-17-13-10-8-15-18-11(10)6-3-7-12(13)19-14;1-3-9-8(7-16-19-9)11-10(4-1)20-13(17-11)18-12-14-5-2-6-15-12/h8-9H,1-7H2,(H,15,18)(H,16,17);2,5-7H,1,3-4H2,(H,16,19)(H,14,15,17,18). The monoisotopic (exact) mass is 558 g/mol. The van der Waals surface area contributed by atoms with Gasteiger partial charge < -0.3 is 10.6 Å². The summed E-state index contributed by atoms with van der Waals surface area (Å²) < 4.78 is 0. The van der Waals surface area contributed by atoms with Gasteiger partial charge in [0.05, 0.1) is 23.8 Å². The fourth-order valence-corrected chi connectivity index (χ4v) is 7.65. The number of rotatable bonds is 4. The molecule has 0 bridgehead atoms. The number of hydrogen-bond donors (Lipinski definition) is 4. The SMILES string of the molecule is c1cnc(Nc2nc3c(s2)CCCc2[nH]ncc2-3)nc1.c1n[nH]c2c1-c1nc(NC3CCCC3)sc1CCC2. The van der Waals surface area contributed by atoms with Crippen LogP contribution in [0.15, 0.2) is 30.9 Å². The third-order valence-electron chi connectivity index (χ3n) is 7.47. The molecule has 3 aliphatic carbocycles. The molecule has 0 unspecified atom stereocenters. The first-order chi connectivity index (χ1) is 19.3. The molecule has 0 amide bonds. The van der Waals surface area contributed by atoms with Crippen LogP contribution in [-0.4, -0.2) is 46.4 Å². The van der Waals surface area contributed by atoms with Gasteiger partial charge in [-0.3, -0.25) is 10.2 Å². The maximum absolute atomic E-state index is 4.84. The van der Waals surface area contributed by atoms with Crippen LogP contribution in [0.2, 0.25) is 0 Å². The minimum atomic E-state index is 0.573. The molecule has 4 N–H and O–H groups in total. The first-order valence-corrected chi connectivity index (χ1v) is 15.3. The van der Waals surface area contributed by atoms with Crippen molar-refractivity contribution in [2.24, 2.45) is 0 Å². The molecule has 0 spiro atoms. The highest BCUT2D eigenvalue weighted by atomic mass is 32.1. The number of hydrogen-bond acceptors (Lipinski definition) is 10. The number of nitrogens with zero attached hydrogens (tertiary/aromatic N) is 6. The number of anilines is 3. The predicted octanol–water partition coefficient (Wildman–Crippen LogP) is 5.93. The number of aromatic amines is 2. The van der Waals surface area contributed by atoms with Crippen molar-refractivity contribution >= 4 is 38.9 Å². The van der Waals surface area contributed by atoms with Crippen molar-refractivity contribution in [3.8, 4) is 22.5 Å². The van der Waals surface area contributed by atoms with Gasteiger partial charge in [-0.05, 0) is 57.4 Å². The third-order valence-corrected chi connectivity index (χ3v) is 9.55. The second-order valence-electron chi connectivity index (χ2n) is 10.1. The van der Waals surface area contributed by atoms with E-state index in [-0.39, 0.29) is 0 Å². The third kappa shape index (κ3) is 5.18. The maximum atomic E-state index is 4.84. The normalized spacial score (nSPS) is 16.1. The van der Waals surface area contributed by atoms with Gasteiger partial charge in [0.1, 0.15) is 0 Å². The summed E-state index contributed by atoms with van der Waals surface area (Å²) in [6.45, 7) is 0. The van der Waals surface area contributed by atoms with Crippen molar-refractivity contribution < 1.29 is 0 Å². The summed E-state index contributed by atoms with van der Waals surface area (Å²) in [6, 6.07) is 2.43. The Kier molecular flexibility index (Phi) is 6.79. The van der Waals surface area contributed by atoms with E-state index in [0.29, 0.717) is 12.0 Å². The van der Waals surface area contributed by atoms with Crippen molar-refractivity contribution in [3.05, 3.63) is 52.0 Å². The molecule has 1 fully saturated rings. The Morgan fingerprint density at radius 2 is 1.31 bits per heavy atom. The van der Waals surface area contributed by atoms with Crippen molar-refractivity contribution in [1.82, 2.24) is 40.3 Å². The lowest BCUT2D eigenvalue weighted by Gasteiger charge is -2.09. The lowest BCUT2D eigenvalue weighted by molar-refractivity contribution is 0.754. The van der Waals surface area contributed by atoms with Crippen LogP contribution in [0.5, 0.6) is 0 Å². The van der Waals surface area contributed by atoms with Crippen LogP contribution >= 0.6 is 22.7 Å². The molecule has 12 heteroatoms. The van der Waals surface area contributed by atoms with E-state index in [1.807, 2.05) is 23.7 Å². The highest BCUT2D eigenvalue weighted by Gasteiger charge is 2.23. The van der Waals surface area contributed by atoms with Crippen molar-refractivity contribution in [2.45, 2.75) is 70.3 Å². The Morgan fingerprint density at radius 1 is 0.718 bits per heavy atom. The molecule has 5 heterocycles. The first-order valence-electron chi connectivity index (χ1n) is 13.7. The van der Waals surface area contributed by atoms with Gasteiger partial charge in [-0.2, -0.15) is 10.2 Å². The fourth-order valence-electron chi connectivity index (χ4n) is 5.55. The molecule has 0 aromatic carbocycles. The lowest BCUT2D eigenvalue weighted by atomic mass is 10.2. The number of H-pyrrole nitrogens is 2. The predicted molar refractivity (Wildman–Crippen MR) is 155 cm³/mol. The number of fused-ring (bicyclic) bond motifs is 6. The van der Waals surface area contributed by atoms with Gasteiger partial charge in [0.2, 0.25) is 5.95 Å². The lowest BCUT2D eigenvalue weighted by Crippen LogP contribution is -2.14. The van der Waals surface area contributed by atoms with Crippen molar-refractivity contribution in [2.75, 3.05) is 10.6 Å². The van der Waals surface area contributed by atoms with Crippen molar-refractivity contribution in [3.63, 3.8) is 0 Å². The Hall–Kier alpha value is -3.64. The van der Waals surface area contributed by atoms with Gasteiger partial charge in [0, 0.05) is 50.7 Å². The van der Waals surface area contributed by atoms with E-state index < -0.39 is 0 Å². The molecule has 10 nitrogen and oxygen atoms in total. The summed E-state index contributed by atoms with van der Waals surface area (Å²) in [6.07, 6.45) is 19.1. The summed E-state index contributed by atoms with van der Waals surface area (Å²) in [5.74, 6) is 0.573. The zero-order valence-electron chi connectivity index (χ0n) is 21.5. The quantitative estimate of drug-likeness (QED) is 0.213. The molecule has 5 aromatic heterocycles. The first kappa shape index (κ1) is 24.4. The second kappa shape index (κ2) is 10.9. The van der Waals surface area contributed by atoms with Gasteiger partial charge >= 0.3 is 0 Å². The van der Waals surface area contributed by atoms with E-state index in [4.69, 9.17) is 4.98 Å². The van der Waals surface area contributed by atoms with E-state index in [9.17, 15) is 0 Å². The van der Waals surface area contributed by atoms with Gasteiger partial charge in [0.15, 0.2) is 10.3 Å². The van der Waals surface area contributed by atoms with Crippen LogP contribution in [0.25, 0.3) is 22.5 Å². The zero-order valence-corrected chi connectivity index (χ0v) is 23.2. The average molecular weight is 559 g/mol. The Labute approximate surface area is 234 Å². The molecule has 200 valence electrons. The zero-order chi connectivity index (χ0) is 26.0. The van der Waals surface area contributed by atoms with E-state index in [1.54, 1.807) is 29.8 Å². The molecule has 3 aliphatic rings. The second-order valence-corrected chi connectivity index (χ2v) is 12.3. The van der Waals surface area contributed by atoms with Crippen LogP contribution in [0, 0.1) is 0 Å². The van der Waals surface area contributed by atoms with Gasteiger partial charge in [-0.15, -0.1) is 22.7 Å². The molecular formula is C27H30N10S2. The number of thiazole rings is 2. The molecule has 0 aliphatic heterocycles. The summed E-state index contributed by atoms with van der Waals surface area (Å²) >= 11 is 3.51. The van der Waals surface area contributed by atoms with E-state index >= 15 is 0 Å². The van der Waals surface area contributed by atoms with E-state index in [1.165, 1.54) is 58.8 Å². The van der Waals surface area contributed by atoms with Gasteiger partial charge in [-0.1, -0.05) is 12.8 Å². The molecular weight excluding hydrogens is 529 g/mol. The molecule has 0 atom stereocenters. The van der Waals surface area contributed by atoms with E-state index in [2.05, 4.69) is 46.0 Å². The van der Waals surface area contributed by atoms with Gasteiger partial charge in [-0.25, -0.2) is 19.9 Å². The maximum Gasteiger partial charge on any atom is 0.228 e. The van der Waals surface area contributed by atoms with Gasteiger partial charge in [0.25, 0.3) is 0 Å². The molecule has 8 rings (SSSR count). The summed E-state index contributed by atoms with van der Waals surface area (Å²) in [5.41, 5.74) is 6.95. The number of nitrogens with one attached hydrogen (secondary N) is 4. The number of aromatic nitrogens is 8. The van der Waals surface area contributed by atoms with Crippen LogP contribution < -0.4 is 10.6 Å². The summed E-state index contributed by atoms with van der Waals surface area (Å²) in [5, 5.41) is 23.2. The highest BCUT2D eigenvalue weighted by molar-refractivity contribution is 7.16. The highest BCUT2D eigenvalue weighted by Crippen LogP contribution is 2.38. The van der Waals surface area contributed by atoms with Crippen LogP contribution in [0.1, 0.15) is 59.7 Å². The Balaban J connectivity index is 0.000000130. The summed E-state index contributed by atoms with van der Waals surface area (Å²) in [4.78, 5) is 20.6. The topological polar surface area (TPSA) is 133 Å². The molecule has 0 saturated heterocycles. The smallest absolute Gasteiger partial charge is 0.228 e. The molecule has 1 saturated carbocycles. The Bertz CT molecular complexity index is 1540. The van der Waals surface area contributed by atoms with Crippen LogP contribution in [0.3, 0.4) is 0 Å². The molecule has 5 aromatic rings. The van der Waals surface area contributed by atoms with E-state index in [0.717, 1.165) is 59.3 Å². The van der Waals surface area contributed by atoms with Crippen LogP contribution in [0.4, 0.5) is 16.2 Å². The fraction of sp³-hybridized carbons (Fsp3) is 0.407.